The van der Waals surface area contributed by atoms with Crippen LogP contribution >= 0.6 is 50.5 Å². The number of thiophene rings is 1. The molecule has 0 saturated heterocycles. The zero-order chi connectivity index (χ0) is 17.1. The van der Waals surface area contributed by atoms with Crippen molar-refractivity contribution in [2.75, 3.05) is 12.4 Å². The third-order valence-electron chi connectivity index (χ3n) is 3.04. The van der Waals surface area contributed by atoms with Crippen molar-refractivity contribution in [1.82, 2.24) is 0 Å². The molecule has 0 aliphatic rings. The second-order valence-corrected chi connectivity index (χ2v) is 7.76. The van der Waals surface area contributed by atoms with Gasteiger partial charge in [-0.2, -0.15) is 0 Å². The average molecular weight is 437 g/mol. The van der Waals surface area contributed by atoms with Gasteiger partial charge in [-0.05, 0) is 24.6 Å². The van der Waals surface area contributed by atoms with Crippen molar-refractivity contribution in [2.24, 2.45) is 0 Å². The molecular formula is C15H12BrCl2NO3S. The van der Waals surface area contributed by atoms with Crippen LogP contribution in [-0.2, 0) is 9.53 Å². The zero-order valence-electron chi connectivity index (χ0n) is 12.2. The van der Waals surface area contributed by atoms with Crippen LogP contribution < -0.4 is 5.32 Å². The van der Waals surface area contributed by atoms with Crippen LogP contribution in [0.1, 0.15) is 15.2 Å². The summed E-state index contributed by atoms with van der Waals surface area (Å²) in [6.45, 7) is 1.86. The van der Waals surface area contributed by atoms with Gasteiger partial charge in [0, 0.05) is 14.9 Å². The van der Waals surface area contributed by atoms with Crippen LogP contribution in [0.25, 0.3) is 11.1 Å². The normalized spacial score (nSPS) is 10.7. The fraction of sp³-hybridized carbons (Fsp3) is 0.200. The summed E-state index contributed by atoms with van der Waals surface area (Å²) in [4.78, 5) is 23.6. The molecule has 0 radical (unpaired) electrons. The number of amides is 1. The Morgan fingerprint density at radius 1 is 1.26 bits per heavy atom. The summed E-state index contributed by atoms with van der Waals surface area (Å²) >= 11 is 15.8. The Morgan fingerprint density at radius 3 is 2.39 bits per heavy atom. The molecule has 0 fully saturated rings. The quantitative estimate of drug-likeness (QED) is 0.541. The second kappa shape index (κ2) is 7.66. The highest BCUT2D eigenvalue weighted by atomic mass is 79.9. The number of hydrogen-bond donors (Lipinski definition) is 1. The van der Waals surface area contributed by atoms with Crippen molar-refractivity contribution in [3.8, 4) is 11.1 Å². The van der Waals surface area contributed by atoms with Crippen LogP contribution in [0.5, 0.6) is 0 Å². The molecule has 4 nitrogen and oxygen atoms in total. The van der Waals surface area contributed by atoms with Crippen LogP contribution in [0.3, 0.4) is 0 Å². The summed E-state index contributed by atoms with van der Waals surface area (Å²) in [7, 11) is 1.29. The van der Waals surface area contributed by atoms with Crippen LogP contribution in [-0.4, -0.2) is 23.8 Å². The third-order valence-corrected chi connectivity index (χ3v) is 4.99. The van der Waals surface area contributed by atoms with E-state index in [1.165, 1.54) is 18.4 Å². The number of anilines is 1. The monoisotopic (exact) mass is 435 g/mol. The Bertz CT molecular complexity index is 744. The number of ether oxygens (including phenoxy) is 1. The van der Waals surface area contributed by atoms with Crippen LogP contribution in [0.4, 0.5) is 5.00 Å². The number of benzene rings is 1. The molecular weight excluding hydrogens is 425 g/mol. The highest BCUT2D eigenvalue weighted by molar-refractivity contribution is 9.10. The topological polar surface area (TPSA) is 55.4 Å². The smallest absolute Gasteiger partial charge is 0.341 e. The predicted molar refractivity (Wildman–Crippen MR) is 97.7 cm³/mol. The predicted octanol–water partition coefficient (Wildman–Crippen LogP) is 5.01. The fourth-order valence-corrected chi connectivity index (χ4v) is 3.50. The molecule has 0 aliphatic heterocycles. The molecule has 0 unspecified atom stereocenters. The molecule has 1 heterocycles. The average Bonchev–Trinajstić information content (AvgIpc) is 2.83. The van der Waals surface area contributed by atoms with Crippen LogP contribution in [0.15, 0.2) is 28.7 Å². The Balaban J connectivity index is 2.57. The Labute approximate surface area is 155 Å². The lowest BCUT2D eigenvalue weighted by atomic mass is 10.0. The van der Waals surface area contributed by atoms with Gasteiger partial charge in [-0.25, -0.2) is 4.79 Å². The Morgan fingerprint density at radius 2 is 1.87 bits per heavy atom. The maximum Gasteiger partial charge on any atom is 0.341 e. The molecule has 1 aromatic carbocycles. The van der Waals surface area contributed by atoms with E-state index in [2.05, 4.69) is 21.2 Å². The van der Waals surface area contributed by atoms with E-state index in [0.717, 1.165) is 14.9 Å². The van der Waals surface area contributed by atoms with Gasteiger partial charge in [-0.1, -0.05) is 51.3 Å². The minimum atomic E-state index is -1.22. The van der Waals surface area contributed by atoms with E-state index >= 15 is 0 Å². The number of carbonyl (C=O) groups excluding carboxylic acids is 2. The summed E-state index contributed by atoms with van der Waals surface area (Å²) < 4.78 is 5.78. The number of carbonyl (C=O) groups is 2. The van der Waals surface area contributed by atoms with Gasteiger partial charge in [0.1, 0.15) is 10.6 Å². The first-order valence-corrected chi connectivity index (χ1v) is 8.90. The third kappa shape index (κ3) is 4.07. The molecule has 23 heavy (non-hydrogen) atoms. The molecule has 0 aliphatic carbocycles. The zero-order valence-corrected chi connectivity index (χ0v) is 16.1. The van der Waals surface area contributed by atoms with Crippen molar-refractivity contribution in [2.45, 2.75) is 11.8 Å². The highest BCUT2D eigenvalue weighted by Gasteiger charge is 2.26. The van der Waals surface area contributed by atoms with Gasteiger partial charge in [0.25, 0.3) is 5.91 Å². The second-order valence-electron chi connectivity index (χ2n) is 4.53. The minimum absolute atomic E-state index is 0.291. The SMILES string of the molecule is COC(=O)c1c(NC(=O)C(Cl)Cl)sc(C)c1-c1ccc(Br)cc1. The van der Waals surface area contributed by atoms with Gasteiger partial charge < -0.3 is 10.1 Å². The molecule has 0 spiro atoms. The molecule has 122 valence electrons. The molecule has 2 rings (SSSR count). The van der Waals surface area contributed by atoms with Gasteiger partial charge in [0.15, 0.2) is 4.84 Å². The summed E-state index contributed by atoms with van der Waals surface area (Å²) in [5, 5.41) is 2.94. The molecule has 1 aromatic heterocycles. The summed E-state index contributed by atoms with van der Waals surface area (Å²) in [5.41, 5.74) is 1.85. The van der Waals surface area contributed by atoms with Crippen molar-refractivity contribution >= 4 is 67.3 Å². The number of nitrogens with one attached hydrogen (secondary N) is 1. The summed E-state index contributed by atoms with van der Waals surface area (Å²) in [6, 6.07) is 7.50. The number of rotatable bonds is 4. The lowest BCUT2D eigenvalue weighted by molar-refractivity contribution is -0.114. The van der Waals surface area contributed by atoms with E-state index in [9.17, 15) is 9.59 Å². The van der Waals surface area contributed by atoms with E-state index in [1.54, 1.807) is 0 Å². The number of aryl methyl sites for hydroxylation is 1. The first-order chi connectivity index (χ1) is 10.8. The Hall–Kier alpha value is -1.08. The molecule has 0 bridgehead atoms. The summed E-state index contributed by atoms with van der Waals surface area (Å²) in [5.74, 6) is -1.13. The first-order valence-electron chi connectivity index (χ1n) is 6.41. The largest absolute Gasteiger partial charge is 0.465 e. The standard InChI is InChI=1S/C15H12BrCl2NO3S/c1-7-10(8-3-5-9(16)6-4-8)11(15(21)22-2)14(23-7)19-13(20)12(17)18/h3-6,12H,1-2H3,(H,19,20). The maximum atomic E-state index is 12.2. The first kappa shape index (κ1) is 18.3. The van der Waals surface area contributed by atoms with E-state index in [4.69, 9.17) is 27.9 Å². The molecule has 0 atom stereocenters. The molecule has 2 aromatic rings. The van der Waals surface area contributed by atoms with Crippen molar-refractivity contribution in [1.29, 1.82) is 0 Å². The number of esters is 1. The minimum Gasteiger partial charge on any atom is -0.465 e. The number of halogens is 3. The van der Waals surface area contributed by atoms with Gasteiger partial charge >= 0.3 is 5.97 Å². The Kier molecular flexibility index (Phi) is 6.08. The fourth-order valence-electron chi connectivity index (χ4n) is 2.06. The number of alkyl halides is 2. The van der Waals surface area contributed by atoms with E-state index < -0.39 is 16.7 Å². The maximum absolute atomic E-state index is 12.2. The molecule has 0 saturated carbocycles. The van der Waals surface area contributed by atoms with Crippen LogP contribution in [0, 0.1) is 6.92 Å². The van der Waals surface area contributed by atoms with Gasteiger partial charge in [0.05, 0.1) is 7.11 Å². The summed E-state index contributed by atoms with van der Waals surface area (Å²) in [6.07, 6.45) is 0. The molecule has 1 amide bonds. The molecule has 8 heteroatoms. The van der Waals surface area contributed by atoms with Gasteiger partial charge in [0.2, 0.25) is 0 Å². The lowest BCUT2D eigenvalue weighted by Gasteiger charge is -2.08. The molecule has 1 N–H and O–H groups in total. The van der Waals surface area contributed by atoms with Crippen LogP contribution in [0.2, 0.25) is 0 Å². The van der Waals surface area contributed by atoms with Crippen molar-refractivity contribution < 1.29 is 14.3 Å². The number of hydrogen-bond acceptors (Lipinski definition) is 4. The van der Waals surface area contributed by atoms with Crippen molar-refractivity contribution in [3.63, 3.8) is 0 Å². The number of methoxy groups -OCH3 is 1. The van der Waals surface area contributed by atoms with Crippen molar-refractivity contribution in [3.05, 3.63) is 39.2 Å². The van der Waals surface area contributed by atoms with E-state index in [-0.39, 0.29) is 0 Å². The van der Waals surface area contributed by atoms with E-state index in [1.807, 2.05) is 31.2 Å². The van der Waals surface area contributed by atoms with Gasteiger partial charge in [-0.15, -0.1) is 11.3 Å². The van der Waals surface area contributed by atoms with Gasteiger partial charge in [-0.3, -0.25) is 4.79 Å². The van der Waals surface area contributed by atoms with E-state index in [0.29, 0.717) is 16.1 Å². The highest BCUT2D eigenvalue weighted by Crippen LogP contribution is 2.40. The lowest BCUT2D eigenvalue weighted by Crippen LogP contribution is -2.19.